The molecular formula is C32H41N5O8S. The van der Waals surface area contributed by atoms with Crippen LogP contribution in [0.25, 0.3) is 10.9 Å². The van der Waals surface area contributed by atoms with E-state index in [1.807, 2.05) is 19.1 Å². The van der Waals surface area contributed by atoms with Crippen LogP contribution in [-0.2, 0) is 24.6 Å². The Labute approximate surface area is 268 Å². The first-order chi connectivity index (χ1) is 21.6. The average Bonchev–Trinajstić information content (AvgIpc) is 3.31. The Bertz CT molecular complexity index is 1700. The van der Waals surface area contributed by atoms with Crippen molar-refractivity contribution in [3.8, 4) is 11.5 Å². The Hall–Kier alpha value is -4.01. The van der Waals surface area contributed by atoms with E-state index in [9.17, 15) is 27.9 Å². The van der Waals surface area contributed by atoms with Crippen LogP contribution in [0.1, 0.15) is 39.2 Å². The summed E-state index contributed by atoms with van der Waals surface area (Å²) >= 11 is 0. The van der Waals surface area contributed by atoms with E-state index in [0.29, 0.717) is 17.0 Å². The van der Waals surface area contributed by atoms with Crippen LogP contribution in [0.4, 0.5) is 0 Å². The second-order valence-electron chi connectivity index (χ2n) is 13.1. The molecule has 3 aliphatic rings. The van der Waals surface area contributed by atoms with Crippen LogP contribution in [0.3, 0.4) is 0 Å². The molecule has 3 heterocycles. The number of nitrogens with zero attached hydrogens (tertiary/aromatic N) is 3. The number of rotatable bonds is 10. The predicted molar refractivity (Wildman–Crippen MR) is 170 cm³/mol. The van der Waals surface area contributed by atoms with Gasteiger partial charge in [-0.3, -0.25) is 19.4 Å². The lowest BCUT2D eigenvalue weighted by molar-refractivity contribution is -0.150. The zero-order chi connectivity index (χ0) is 33.6. The van der Waals surface area contributed by atoms with E-state index < -0.39 is 63.1 Å². The van der Waals surface area contributed by atoms with Crippen LogP contribution in [0.5, 0.6) is 11.5 Å². The van der Waals surface area contributed by atoms with E-state index in [2.05, 4.69) is 21.6 Å². The van der Waals surface area contributed by atoms with Gasteiger partial charge in [0.25, 0.3) is 11.8 Å². The normalized spacial score (nSPS) is 25.3. The lowest BCUT2D eigenvalue weighted by Crippen LogP contribution is -2.58. The number of methoxy groups -OCH3 is 1. The summed E-state index contributed by atoms with van der Waals surface area (Å²) in [6, 6.07) is 4.22. The molecule has 1 aliphatic carbocycles. The molecule has 46 heavy (non-hydrogen) atoms. The van der Waals surface area contributed by atoms with Crippen molar-refractivity contribution in [2.75, 3.05) is 26.7 Å². The van der Waals surface area contributed by atoms with Crippen LogP contribution >= 0.6 is 0 Å². The minimum absolute atomic E-state index is 0.0105. The molecule has 3 amide bonds. The maximum absolute atomic E-state index is 14.0. The molecular weight excluding hydrogens is 614 g/mol. The van der Waals surface area contributed by atoms with E-state index in [1.165, 1.54) is 11.0 Å². The third-order valence-corrected chi connectivity index (χ3v) is 10.3. The molecule has 2 aliphatic heterocycles. The quantitative estimate of drug-likeness (QED) is 0.322. The first-order valence-electron chi connectivity index (χ1n) is 15.1. The maximum Gasteiger partial charge on any atom is 0.304 e. The Balaban J connectivity index is 1.40. The first-order valence-corrected chi connectivity index (χ1v) is 16.6. The molecule has 1 saturated carbocycles. The molecule has 13 nitrogen and oxygen atoms in total. The van der Waals surface area contributed by atoms with Crippen molar-refractivity contribution in [1.82, 2.24) is 24.2 Å². The number of aromatic nitrogens is 1. The van der Waals surface area contributed by atoms with E-state index in [0.717, 1.165) is 15.3 Å². The van der Waals surface area contributed by atoms with Crippen molar-refractivity contribution in [1.29, 1.82) is 0 Å². The standard InChI is InChI=1S/C32H41N5O8S/c1-7-20-17-32(20,30(41)35-46(42,43)36-14-8-9-15-36)34-28(39)23-16-21(18-37(23)29(40)27(38)31(3,4)5)45-25-12-13-33-26-19(2)24(44-6)11-10-22(25)26/h7-13,20-21,23,27,38H,1,14-18H2,2-6H3,(H,34,39)(H,35,41)/t20-,21-,23-,27-,32-/m1/s1. The predicted octanol–water partition coefficient (Wildman–Crippen LogP) is 1.60. The van der Waals surface area contributed by atoms with E-state index in [4.69, 9.17) is 9.47 Å². The SMILES string of the molecule is C=C[C@@H]1C[C@]1(NC(=O)[C@H]1C[C@@H](Oc2ccnc3c(C)c(OC)ccc23)CN1C(=O)[C@@H](O)C(C)(C)C)C(=O)NS(=O)(=O)N1CC=CC1. The molecule has 3 N–H and O–H groups in total. The number of carbonyl (C=O) groups is 3. The van der Waals surface area contributed by atoms with Crippen LogP contribution in [0.2, 0.25) is 0 Å². The lowest BCUT2D eigenvalue weighted by atomic mass is 9.88. The molecule has 0 bridgehead atoms. The molecule has 5 rings (SSSR count). The van der Waals surface area contributed by atoms with Crippen LogP contribution in [-0.4, -0.2) is 96.0 Å². The van der Waals surface area contributed by atoms with Crippen molar-refractivity contribution in [2.45, 2.75) is 64.3 Å². The molecule has 1 aromatic carbocycles. The molecule has 1 saturated heterocycles. The molecule has 14 heteroatoms. The van der Waals surface area contributed by atoms with Gasteiger partial charge in [-0.25, -0.2) is 4.72 Å². The highest BCUT2D eigenvalue weighted by Gasteiger charge is 2.61. The molecule has 0 radical (unpaired) electrons. The second-order valence-corrected chi connectivity index (χ2v) is 14.8. The van der Waals surface area contributed by atoms with Gasteiger partial charge in [-0.15, -0.1) is 6.58 Å². The van der Waals surface area contributed by atoms with Crippen molar-refractivity contribution in [3.63, 3.8) is 0 Å². The van der Waals surface area contributed by atoms with Gasteiger partial charge in [0, 0.05) is 42.6 Å². The van der Waals surface area contributed by atoms with Crippen LogP contribution in [0, 0.1) is 18.3 Å². The zero-order valence-electron chi connectivity index (χ0n) is 26.6. The van der Waals surface area contributed by atoms with Gasteiger partial charge in [0.15, 0.2) is 0 Å². The van der Waals surface area contributed by atoms with Gasteiger partial charge in [-0.05, 0) is 37.0 Å². The summed E-state index contributed by atoms with van der Waals surface area (Å²) in [5, 5.41) is 14.4. The van der Waals surface area contributed by atoms with Crippen LogP contribution < -0.4 is 19.5 Å². The molecule has 1 aromatic heterocycles. The number of benzene rings is 1. The molecule has 0 spiro atoms. The summed E-state index contributed by atoms with van der Waals surface area (Å²) in [6.07, 6.45) is 4.57. The first kappa shape index (κ1) is 33.4. The third-order valence-electron chi connectivity index (χ3n) is 8.89. The van der Waals surface area contributed by atoms with Gasteiger partial charge < -0.3 is 24.8 Å². The number of ether oxygens (including phenoxy) is 2. The van der Waals surface area contributed by atoms with Crippen LogP contribution in [0.15, 0.2) is 49.2 Å². The minimum Gasteiger partial charge on any atom is -0.496 e. The fourth-order valence-corrected chi connectivity index (χ4v) is 7.10. The van der Waals surface area contributed by atoms with Gasteiger partial charge in [-0.2, -0.15) is 12.7 Å². The molecule has 0 unspecified atom stereocenters. The maximum atomic E-state index is 14.0. The number of pyridine rings is 1. The lowest BCUT2D eigenvalue weighted by Gasteiger charge is -2.32. The number of likely N-dealkylation sites (tertiary alicyclic amines) is 1. The number of hydrogen-bond acceptors (Lipinski definition) is 9. The Kier molecular flexibility index (Phi) is 8.92. The summed E-state index contributed by atoms with van der Waals surface area (Å²) in [6.45, 7) is 11.0. The largest absolute Gasteiger partial charge is 0.496 e. The number of fused-ring (bicyclic) bond motifs is 1. The highest BCUT2D eigenvalue weighted by Crippen LogP contribution is 2.45. The van der Waals surface area contributed by atoms with Gasteiger partial charge in [0.2, 0.25) is 5.91 Å². The van der Waals surface area contributed by atoms with Crippen molar-refractivity contribution in [3.05, 3.63) is 54.8 Å². The molecule has 5 atom stereocenters. The summed E-state index contributed by atoms with van der Waals surface area (Å²) in [5.41, 5.74) is -0.879. The smallest absolute Gasteiger partial charge is 0.304 e. The number of aliphatic hydroxyl groups excluding tert-OH is 1. The number of nitrogens with one attached hydrogen (secondary N) is 2. The summed E-state index contributed by atoms with van der Waals surface area (Å²) in [7, 11) is -2.58. The Morgan fingerprint density at radius 2 is 1.87 bits per heavy atom. The zero-order valence-corrected chi connectivity index (χ0v) is 27.5. The average molecular weight is 656 g/mol. The van der Waals surface area contributed by atoms with Gasteiger partial charge in [0.1, 0.15) is 35.3 Å². The summed E-state index contributed by atoms with van der Waals surface area (Å²) in [5.74, 6) is -1.56. The van der Waals surface area contributed by atoms with Gasteiger partial charge in [0.05, 0.1) is 19.2 Å². The highest BCUT2D eigenvalue weighted by molar-refractivity contribution is 7.87. The van der Waals surface area contributed by atoms with E-state index in [-0.39, 0.29) is 32.5 Å². The minimum atomic E-state index is -4.15. The van der Waals surface area contributed by atoms with Crippen molar-refractivity contribution >= 4 is 38.8 Å². The molecule has 2 aromatic rings. The summed E-state index contributed by atoms with van der Waals surface area (Å²) in [4.78, 5) is 46.8. The fraction of sp³-hybridized carbons (Fsp3) is 0.500. The molecule has 2 fully saturated rings. The Morgan fingerprint density at radius 3 is 2.48 bits per heavy atom. The number of carbonyl (C=O) groups excluding carboxylic acids is 3. The van der Waals surface area contributed by atoms with E-state index >= 15 is 0 Å². The number of hydrogen-bond donors (Lipinski definition) is 3. The van der Waals surface area contributed by atoms with Gasteiger partial charge >= 0.3 is 10.2 Å². The van der Waals surface area contributed by atoms with Crippen molar-refractivity contribution < 1.29 is 37.4 Å². The second kappa shape index (κ2) is 12.3. The van der Waals surface area contributed by atoms with E-state index in [1.54, 1.807) is 52.3 Å². The number of amides is 3. The topological polar surface area (TPSA) is 167 Å². The monoisotopic (exact) mass is 655 g/mol. The van der Waals surface area contributed by atoms with Gasteiger partial charge in [-0.1, -0.05) is 39.0 Å². The number of aryl methyl sites for hydroxylation is 1. The Morgan fingerprint density at radius 1 is 1.17 bits per heavy atom. The highest BCUT2D eigenvalue weighted by atomic mass is 32.2. The number of aliphatic hydroxyl groups is 1. The molecule has 248 valence electrons. The summed E-state index contributed by atoms with van der Waals surface area (Å²) < 4.78 is 40.7. The third kappa shape index (κ3) is 6.20. The van der Waals surface area contributed by atoms with Crippen molar-refractivity contribution in [2.24, 2.45) is 11.3 Å². The fourth-order valence-electron chi connectivity index (χ4n) is 5.99.